The standard InChI is InChI=1S/C19H26N2/c1-4-10-18(16-11-6-5-7-12-16)20-19-14-9-8-13-17(19)15-21(2)3/h5-9,11-14,18,20H,4,10,15H2,1-3H3. The number of hydrogen-bond donors (Lipinski definition) is 1. The van der Waals surface area contributed by atoms with Crippen LogP contribution >= 0.6 is 0 Å². The van der Waals surface area contributed by atoms with Gasteiger partial charge in [-0.25, -0.2) is 0 Å². The Morgan fingerprint density at radius 3 is 2.29 bits per heavy atom. The summed E-state index contributed by atoms with van der Waals surface area (Å²) < 4.78 is 0. The van der Waals surface area contributed by atoms with E-state index in [1.165, 1.54) is 23.2 Å². The van der Waals surface area contributed by atoms with Crippen LogP contribution in [0.25, 0.3) is 0 Å². The first-order valence-corrected chi connectivity index (χ1v) is 7.74. The minimum Gasteiger partial charge on any atom is -0.378 e. The number of anilines is 1. The molecule has 1 N–H and O–H groups in total. The average molecular weight is 282 g/mol. The van der Waals surface area contributed by atoms with E-state index in [1.54, 1.807) is 0 Å². The lowest BCUT2D eigenvalue weighted by Crippen LogP contribution is -2.15. The molecule has 0 fully saturated rings. The Balaban J connectivity index is 2.21. The summed E-state index contributed by atoms with van der Waals surface area (Å²) in [6.07, 6.45) is 2.31. The van der Waals surface area contributed by atoms with E-state index >= 15 is 0 Å². The molecule has 1 unspecified atom stereocenters. The molecule has 0 heterocycles. The highest BCUT2D eigenvalue weighted by atomic mass is 15.1. The van der Waals surface area contributed by atoms with Crippen molar-refractivity contribution >= 4 is 5.69 Å². The molecule has 112 valence electrons. The highest BCUT2D eigenvalue weighted by Crippen LogP contribution is 2.26. The van der Waals surface area contributed by atoms with Gasteiger partial charge >= 0.3 is 0 Å². The molecule has 2 aromatic carbocycles. The van der Waals surface area contributed by atoms with Gasteiger partial charge in [-0.2, -0.15) is 0 Å². The summed E-state index contributed by atoms with van der Waals surface area (Å²) >= 11 is 0. The molecule has 2 heteroatoms. The molecular formula is C19H26N2. The number of hydrogen-bond acceptors (Lipinski definition) is 2. The van der Waals surface area contributed by atoms with Crippen molar-refractivity contribution in [3.8, 4) is 0 Å². The lowest BCUT2D eigenvalue weighted by atomic mass is 10.0. The molecular weight excluding hydrogens is 256 g/mol. The molecule has 2 nitrogen and oxygen atoms in total. The molecule has 0 aliphatic heterocycles. The van der Waals surface area contributed by atoms with Gasteiger partial charge in [-0.1, -0.05) is 61.9 Å². The lowest BCUT2D eigenvalue weighted by molar-refractivity contribution is 0.403. The zero-order chi connectivity index (χ0) is 15.1. The van der Waals surface area contributed by atoms with Gasteiger partial charge in [0.25, 0.3) is 0 Å². The summed E-state index contributed by atoms with van der Waals surface area (Å²) in [7, 11) is 4.22. The SMILES string of the molecule is CCCC(Nc1ccccc1CN(C)C)c1ccccc1. The Labute approximate surface area is 128 Å². The van der Waals surface area contributed by atoms with Crippen LogP contribution in [-0.4, -0.2) is 19.0 Å². The van der Waals surface area contributed by atoms with Crippen molar-refractivity contribution < 1.29 is 0 Å². The third-order valence-corrected chi connectivity index (χ3v) is 3.61. The van der Waals surface area contributed by atoms with Crippen molar-refractivity contribution in [2.24, 2.45) is 0 Å². The predicted octanol–water partition coefficient (Wildman–Crippen LogP) is 4.70. The lowest BCUT2D eigenvalue weighted by Gasteiger charge is -2.23. The van der Waals surface area contributed by atoms with Gasteiger partial charge in [-0.3, -0.25) is 0 Å². The van der Waals surface area contributed by atoms with Gasteiger partial charge in [-0.05, 0) is 37.7 Å². The fourth-order valence-corrected chi connectivity index (χ4v) is 2.62. The summed E-state index contributed by atoms with van der Waals surface area (Å²) in [5.41, 5.74) is 3.95. The molecule has 0 aliphatic carbocycles. The van der Waals surface area contributed by atoms with Gasteiger partial charge in [-0.15, -0.1) is 0 Å². The number of nitrogens with one attached hydrogen (secondary N) is 1. The van der Waals surface area contributed by atoms with Crippen LogP contribution in [0.1, 0.15) is 36.9 Å². The van der Waals surface area contributed by atoms with E-state index in [0.717, 1.165) is 13.0 Å². The van der Waals surface area contributed by atoms with E-state index in [4.69, 9.17) is 0 Å². The maximum atomic E-state index is 3.74. The number of nitrogens with zero attached hydrogens (tertiary/aromatic N) is 1. The molecule has 0 bridgehead atoms. The van der Waals surface area contributed by atoms with E-state index < -0.39 is 0 Å². The monoisotopic (exact) mass is 282 g/mol. The second-order valence-electron chi connectivity index (χ2n) is 5.79. The minimum absolute atomic E-state index is 0.375. The highest BCUT2D eigenvalue weighted by molar-refractivity contribution is 5.52. The van der Waals surface area contributed by atoms with Crippen LogP contribution in [0.3, 0.4) is 0 Å². The summed E-state index contributed by atoms with van der Waals surface area (Å²) in [6, 6.07) is 19.7. The Hall–Kier alpha value is -1.80. The summed E-state index contributed by atoms with van der Waals surface area (Å²) in [5.74, 6) is 0. The molecule has 21 heavy (non-hydrogen) atoms. The van der Waals surface area contributed by atoms with Crippen LogP contribution in [0.15, 0.2) is 54.6 Å². The van der Waals surface area contributed by atoms with E-state index in [1.807, 2.05) is 0 Å². The molecule has 2 rings (SSSR count). The van der Waals surface area contributed by atoms with Crippen molar-refractivity contribution in [1.29, 1.82) is 0 Å². The molecule has 0 aromatic heterocycles. The van der Waals surface area contributed by atoms with Gasteiger partial charge in [0.2, 0.25) is 0 Å². The second kappa shape index (κ2) is 7.84. The maximum Gasteiger partial charge on any atom is 0.0513 e. The van der Waals surface area contributed by atoms with Gasteiger partial charge in [0.05, 0.1) is 6.04 Å². The molecule has 0 saturated heterocycles. The smallest absolute Gasteiger partial charge is 0.0513 e. The first-order valence-electron chi connectivity index (χ1n) is 7.74. The topological polar surface area (TPSA) is 15.3 Å². The molecule has 0 spiro atoms. The number of rotatable bonds is 7. The van der Waals surface area contributed by atoms with Crippen molar-refractivity contribution in [3.05, 3.63) is 65.7 Å². The first-order chi connectivity index (χ1) is 10.2. The van der Waals surface area contributed by atoms with Gasteiger partial charge in [0.1, 0.15) is 0 Å². The van der Waals surface area contributed by atoms with Gasteiger partial charge < -0.3 is 10.2 Å². The van der Waals surface area contributed by atoms with Crippen LogP contribution in [0, 0.1) is 0 Å². The van der Waals surface area contributed by atoms with Crippen LogP contribution in [0.2, 0.25) is 0 Å². The molecule has 2 aromatic rings. The van der Waals surface area contributed by atoms with Crippen LogP contribution in [0.4, 0.5) is 5.69 Å². The first kappa shape index (κ1) is 15.6. The van der Waals surface area contributed by atoms with Crippen molar-refractivity contribution in [2.45, 2.75) is 32.4 Å². The normalized spacial score (nSPS) is 12.4. The molecule has 0 aliphatic rings. The van der Waals surface area contributed by atoms with Crippen molar-refractivity contribution in [1.82, 2.24) is 4.90 Å². The highest BCUT2D eigenvalue weighted by Gasteiger charge is 2.12. The maximum absolute atomic E-state index is 3.74. The Morgan fingerprint density at radius 2 is 1.62 bits per heavy atom. The number of benzene rings is 2. The quantitative estimate of drug-likeness (QED) is 0.791. The molecule has 0 saturated carbocycles. The van der Waals surface area contributed by atoms with E-state index in [2.05, 4.69) is 85.8 Å². The fourth-order valence-electron chi connectivity index (χ4n) is 2.62. The zero-order valence-electron chi connectivity index (χ0n) is 13.3. The van der Waals surface area contributed by atoms with Crippen LogP contribution in [0.5, 0.6) is 0 Å². The van der Waals surface area contributed by atoms with Crippen molar-refractivity contribution in [2.75, 3.05) is 19.4 Å². The Kier molecular flexibility index (Phi) is 5.82. The third-order valence-electron chi connectivity index (χ3n) is 3.61. The Bertz CT molecular complexity index is 534. The Morgan fingerprint density at radius 1 is 0.952 bits per heavy atom. The minimum atomic E-state index is 0.375. The van der Waals surface area contributed by atoms with E-state index in [-0.39, 0.29) is 0 Å². The average Bonchev–Trinajstić information content (AvgIpc) is 2.49. The third kappa shape index (κ3) is 4.61. The van der Waals surface area contributed by atoms with Gasteiger partial charge in [0.15, 0.2) is 0 Å². The fraction of sp³-hybridized carbons (Fsp3) is 0.368. The van der Waals surface area contributed by atoms with Crippen LogP contribution < -0.4 is 5.32 Å². The number of para-hydroxylation sites is 1. The summed E-state index contributed by atoms with van der Waals surface area (Å²) in [5, 5.41) is 3.74. The molecule has 0 amide bonds. The molecule has 1 atom stereocenters. The van der Waals surface area contributed by atoms with E-state index in [0.29, 0.717) is 6.04 Å². The molecule has 0 radical (unpaired) electrons. The van der Waals surface area contributed by atoms with E-state index in [9.17, 15) is 0 Å². The van der Waals surface area contributed by atoms with Crippen molar-refractivity contribution in [3.63, 3.8) is 0 Å². The predicted molar refractivity (Wildman–Crippen MR) is 91.5 cm³/mol. The largest absolute Gasteiger partial charge is 0.378 e. The zero-order valence-corrected chi connectivity index (χ0v) is 13.3. The van der Waals surface area contributed by atoms with Gasteiger partial charge in [0, 0.05) is 12.2 Å². The summed E-state index contributed by atoms with van der Waals surface area (Å²) in [4.78, 5) is 2.21. The second-order valence-corrected chi connectivity index (χ2v) is 5.79. The van der Waals surface area contributed by atoms with Crippen LogP contribution in [-0.2, 0) is 6.54 Å². The summed E-state index contributed by atoms with van der Waals surface area (Å²) in [6.45, 7) is 3.19.